The number of halogens is 1. The standard InChI is InChI=1S/C11H10BrNOS2/c1-7-5-15-6-9(7)11(14)13-4-8-2-3-10(12)16-8/h2-3,5-6H,4H2,1H3,(H,13,14). The quantitative estimate of drug-likeness (QED) is 0.916. The number of aryl methyl sites for hydroxylation is 1. The molecule has 0 aliphatic carbocycles. The van der Waals surface area contributed by atoms with Gasteiger partial charge in [-0.3, -0.25) is 4.79 Å². The van der Waals surface area contributed by atoms with Gasteiger partial charge >= 0.3 is 0 Å². The summed E-state index contributed by atoms with van der Waals surface area (Å²) in [4.78, 5) is 12.9. The Morgan fingerprint density at radius 3 is 2.81 bits per heavy atom. The van der Waals surface area contributed by atoms with Crippen molar-refractivity contribution in [3.63, 3.8) is 0 Å². The van der Waals surface area contributed by atoms with Gasteiger partial charge in [-0.15, -0.1) is 11.3 Å². The van der Waals surface area contributed by atoms with Crippen molar-refractivity contribution >= 4 is 44.5 Å². The molecule has 0 spiro atoms. The van der Waals surface area contributed by atoms with E-state index < -0.39 is 0 Å². The Morgan fingerprint density at radius 2 is 2.25 bits per heavy atom. The van der Waals surface area contributed by atoms with Crippen LogP contribution in [0.1, 0.15) is 20.8 Å². The molecule has 84 valence electrons. The molecule has 1 N–H and O–H groups in total. The fourth-order valence-corrected chi connectivity index (χ4v) is 3.55. The molecule has 2 heterocycles. The van der Waals surface area contributed by atoms with Crippen LogP contribution < -0.4 is 5.32 Å². The molecule has 0 aliphatic heterocycles. The first-order valence-electron chi connectivity index (χ1n) is 4.72. The van der Waals surface area contributed by atoms with E-state index in [1.165, 1.54) is 0 Å². The van der Waals surface area contributed by atoms with Crippen molar-refractivity contribution in [2.75, 3.05) is 0 Å². The fraction of sp³-hybridized carbons (Fsp3) is 0.182. The van der Waals surface area contributed by atoms with Gasteiger partial charge in [0.2, 0.25) is 0 Å². The molecular weight excluding hydrogens is 306 g/mol. The van der Waals surface area contributed by atoms with Gasteiger partial charge in [-0.25, -0.2) is 0 Å². The van der Waals surface area contributed by atoms with E-state index in [0.717, 1.165) is 19.8 Å². The number of thiophene rings is 2. The van der Waals surface area contributed by atoms with Gasteiger partial charge in [0.25, 0.3) is 5.91 Å². The highest BCUT2D eigenvalue weighted by molar-refractivity contribution is 9.11. The van der Waals surface area contributed by atoms with Crippen molar-refractivity contribution < 1.29 is 4.79 Å². The largest absolute Gasteiger partial charge is 0.347 e. The first-order valence-corrected chi connectivity index (χ1v) is 7.27. The minimum absolute atomic E-state index is 0.00303. The molecule has 0 fully saturated rings. The molecule has 0 atom stereocenters. The third-order valence-electron chi connectivity index (χ3n) is 2.15. The Balaban J connectivity index is 1.96. The maximum Gasteiger partial charge on any atom is 0.252 e. The zero-order valence-electron chi connectivity index (χ0n) is 8.62. The summed E-state index contributed by atoms with van der Waals surface area (Å²) >= 11 is 6.59. The molecule has 2 aromatic rings. The molecule has 0 saturated heterocycles. The molecule has 2 nitrogen and oxygen atoms in total. The van der Waals surface area contributed by atoms with Crippen LogP contribution in [0.5, 0.6) is 0 Å². The van der Waals surface area contributed by atoms with E-state index in [4.69, 9.17) is 0 Å². The normalized spacial score (nSPS) is 10.4. The zero-order valence-corrected chi connectivity index (χ0v) is 11.8. The Labute approximate surface area is 110 Å². The van der Waals surface area contributed by atoms with Crippen molar-refractivity contribution in [3.05, 3.63) is 42.7 Å². The second kappa shape index (κ2) is 5.12. The van der Waals surface area contributed by atoms with Crippen molar-refractivity contribution in [2.24, 2.45) is 0 Å². The molecule has 0 saturated carbocycles. The third kappa shape index (κ3) is 2.72. The van der Waals surface area contributed by atoms with Gasteiger partial charge in [0.15, 0.2) is 0 Å². The Kier molecular flexibility index (Phi) is 3.78. The zero-order chi connectivity index (χ0) is 11.5. The molecule has 5 heteroatoms. The highest BCUT2D eigenvalue weighted by atomic mass is 79.9. The first kappa shape index (κ1) is 11.8. The lowest BCUT2D eigenvalue weighted by atomic mass is 10.2. The molecule has 2 aromatic heterocycles. The van der Waals surface area contributed by atoms with E-state index in [0.29, 0.717) is 6.54 Å². The van der Waals surface area contributed by atoms with Gasteiger partial charge in [-0.05, 0) is 45.9 Å². The topological polar surface area (TPSA) is 29.1 Å². The van der Waals surface area contributed by atoms with Crippen molar-refractivity contribution in [2.45, 2.75) is 13.5 Å². The summed E-state index contributed by atoms with van der Waals surface area (Å²) < 4.78 is 1.09. The summed E-state index contributed by atoms with van der Waals surface area (Å²) in [5.41, 5.74) is 1.82. The second-order valence-corrected chi connectivity index (χ2v) is 6.65. The van der Waals surface area contributed by atoms with Crippen LogP contribution in [0, 0.1) is 6.92 Å². The third-order valence-corrected chi connectivity index (χ3v) is 4.64. The second-order valence-electron chi connectivity index (χ2n) is 3.36. The maximum absolute atomic E-state index is 11.8. The van der Waals surface area contributed by atoms with Crippen LogP contribution in [-0.4, -0.2) is 5.91 Å². The van der Waals surface area contributed by atoms with E-state index in [-0.39, 0.29) is 5.91 Å². The van der Waals surface area contributed by atoms with Gasteiger partial charge in [0.1, 0.15) is 0 Å². The lowest BCUT2D eigenvalue weighted by molar-refractivity contribution is 0.0951. The Hall–Kier alpha value is -0.650. The van der Waals surface area contributed by atoms with E-state index in [1.807, 2.05) is 29.8 Å². The number of nitrogens with one attached hydrogen (secondary N) is 1. The fourth-order valence-electron chi connectivity index (χ4n) is 1.30. The molecular formula is C11H10BrNOS2. The van der Waals surface area contributed by atoms with Crippen LogP contribution in [0.2, 0.25) is 0 Å². The predicted octanol–water partition coefficient (Wildman–Crippen LogP) is 3.81. The molecule has 1 amide bonds. The minimum Gasteiger partial charge on any atom is -0.347 e. The van der Waals surface area contributed by atoms with Crippen molar-refractivity contribution in [1.82, 2.24) is 5.32 Å². The molecule has 0 bridgehead atoms. The summed E-state index contributed by atoms with van der Waals surface area (Å²) in [6.07, 6.45) is 0. The van der Waals surface area contributed by atoms with Crippen LogP contribution >= 0.6 is 38.6 Å². The number of hydrogen-bond acceptors (Lipinski definition) is 3. The van der Waals surface area contributed by atoms with Crippen LogP contribution in [0.25, 0.3) is 0 Å². The van der Waals surface area contributed by atoms with Crippen LogP contribution in [-0.2, 0) is 6.54 Å². The first-order chi connectivity index (χ1) is 7.66. The van der Waals surface area contributed by atoms with E-state index in [1.54, 1.807) is 22.7 Å². The van der Waals surface area contributed by atoms with E-state index in [9.17, 15) is 4.79 Å². The molecule has 16 heavy (non-hydrogen) atoms. The van der Waals surface area contributed by atoms with E-state index >= 15 is 0 Å². The number of carbonyl (C=O) groups is 1. The number of amides is 1. The average Bonchev–Trinajstić information content (AvgIpc) is 2.84. The van der Waals surface area contributed by atoms with Gasteiger partial charge in [0, 0.05) is 10.3 Å². The molecule has 0 radical (unpaired) electrons. The van der Waals surface area contributed by atoms with Crippen LogP contribution in [0.15, 0.2) is 26.7 Å². The Morgan fingerprint density at radius 1 is 1.44 bits per heavy atom. The lowest BCUT2D eigenvalue weighted by Gasteiger charge is -2.02. The molecule has 0 aromatic carbocycles. The highest BCUT2D eigenvalue weighted by Gasteiger charge is 2.09. The molecule has 2 rings (SSSR count). The summed E-state index contributed by atoms with van der Waals surface area (Å²) in [6.45, 7) is 2.54. The number of rotatable bonds is 3. The predicted molar refractivity (Wildman–Crippen MR) is 72.2 cm³/mol. The van der Waals surface area contributed by atoms with Crippen LogP contribution in [0.4, 0.5) is 0 Å². The van der Waals surface area contributed by atoms with Crippen molar-refractivity contribution in [3.8, 4) is 0 Å². The number of hydrogen-bond donors (Lipinski definition) is 1. The monoisotopic (exact) mass is 315 g/mol. The van der Waals surface area contributed by atoms with Gasteiger partial charge in [-0.1, -0.05) is 0 Å². The minimum atomic E-state index is 0.00303. The highest BCUT2D eigenvalue weighted by Crippen LogP contribution is 2.22. The van der Waals surface area contributed by atoms with Gasteiger partial charge in [-0.2, -0.15) is 11.3 Å². The molecule has 0 unspecified atom stereocenters. The average molecular weight is 316 g/mol. The summed E-state index contributed by atoms with van der Waals surface area (Å²) in [5, 5.41) is 6.78. The van der Waals surface area contributed by atoms with Crippen molar-refractivity contribution in [1.29, 1.82) is 0 Å². The number of carbonyl (C=O) groups excluding carboxylic acids is 1. The smallest absolute Gasteiger partial charge is 0.252 e. The van der Waals surface area contributed by atoms with Crippen LogP contribution in [0.3, 0.4) is 0 Å². The lowest BCUT2D eigenvalue weighted by Crippen LogP contribution is -2.22. The SMILES string of the molecule is Cc1cscc1C(=O)NCc1ccc(Br)s1. The maximum atomic E-state index is 11.8. The van der Waals surface area contributed by atoms with Gasteiger partial charge < -0.3 is 5.32 Å². The summed E-state index contributed by atoms with van der Waals surface area (Å²) in [6, 6.07) is 4.00. The molecule has 0 aliphatic rings. The van der Waals surface area contributed by atoms with E-state index in [2.05, 4.69) is 21.2 Å². The summed E-state index contributed by atoms with van der Waals surface area (Å²) in [5.74, 6) is 0.00303. The summed E-state index contributed by atoms with van der Waals surface area (Å²) in [7, 11) is 0. The van der Waals surface area contributed by atoms with Gasteiger partial charge in [0.05, 0.1) is 15.9 Å². The Bertz CT molecular complexity index is 504.